The van der Waals surface area contributed by atoms with E-state index in [2.05, 4.69) is 25.0 Å². The van der Waals surface area contributed by atoms with E-state index in [0.717, 1.165) is 29.7 Å². The number of fused-ring (bicyclic) bond motifs is 1. The number of hydrogen-bond donors (Lipinski definition) is 1. The van der Waals surface area contributed by atoms with E-state index in [1.54, 1.807) is 6.33 Å². The van der Waals surface area contributed by atoms with Crippen LogP contribution in [-0.2, 0) is 4.79 Å². The number of rotatable bonds is 5. The van der Waals surface area contributed by atoms with Crippen molar-refractivity contribution in [3.8, 4) is 11.4 Å². The molecule has 4 rings (SSSR count). The Morgan fingerprint density at radius 1 is 1.40 bits per heavy atom. The highest BCUT2D eigenvalue weighted by Gasteiger charge is 2.34. The predicted molar refractivity (Wildman–Crippen MR) is 91.9 cm³/mol. The van der Waals surface area contributed by atoms with Gasteiger partial charge in [-0.3, -0.25) is 4.79 Å². The SMILES string of the molecule is CN(C)CCN1C[C@H](c2nc(-c3ccc4nc[nH]c4c3)no2)CC1=O. The van der Waals surface area contributed by atoms with Crippen LogP contribution in [0.15, 0.2) is 29.0 Å². The van der Waals surface area contributed by atoms with Gasteiger partial charge >= 0.3 is 0 Å². The number of benzene rings is 1. The first-order valence-corrected chi connectivity index (χ1v) is 8.30. The van der Waals surface area contributed by atoms with Crippen molar-refractivity contribution in [3.63, 3.8) is 0 Å². The first-order valence-electron chi connectivity index (χ1n) is 8.30. The molecule has 2 aromatic heterocycles. The second kappa shape index (κ2) is 6.29. The Kier molecular flexibility index (Phi) is 3.96. The molecule has 8 heteroatoms. The van der Waals surface area contributed by atoms with Gasteiger partial charge in [0, 0.05) is 31.6 Å². The molecule has 25 heavy (non-hydrogen) atoms. The fourth-order valence-electron chi connectivity index (χ4n) is 3.07. The molecule has 130 valence electrons. The molecule has 0 spiro atoms. The Labute approximate surface area is 144 Å². The van der Waals surface area contributed by atoms with Gasteiger partial charge in [-0.2, -0.15) is 4.98 Å². The molecule has 1 N–H and O–H groups in total. The molecule has 0 aliphatic carbocycles. The van der Waals surface area contributed by atoms with E-state index in [1.165, 1.54) is 0 Å². The number of nitrogens with one attached hydrogen (secondary N) is 1. The van der Waals surface area contributed by atoms with Crippen molar-refractivity contribution >= 4 is 16.9 Å². The molecule has 3 heterocycles. The highest BCUT2D eigenvalue weighted by atomic mass is 16.5. The average molecular weight is 340 g/mol. The molecule has 1 amide bonds. The van der Waals surface area contributed by atoms with Crippen molar-refractivity contribution in [2.24, 2.45) is 0 Å². The van der Waals surface area contributed by atoms with Gasteiger partial charge in [-0.1, -0.05) is 5.16 Å². The van der Waals surface area contributed by atoms with E-state index in [-0.39, 0.29) is 11.8 Å². The zero-order chi connectivity index (χ0) is 17.4. The molecule has 0 unspecified atom stereocenters. The largest absolute Gasteiger partial charge is 0.345 e. The molecule has 1 aliphatic heterocycles. The van der Waals surface area contributed by atoms with E-state index < -0.39 is 0 Å². The van der Waals surface area contributed by atoms with Gasteiger partial charge in [-0.05, 0) is 32.3 Å². The highest BCUT2D eigenvalue weighted by molar-refractivity contribution is 5.80. The van der Waals surface area contributed by atoms with Crippen molar-refractivity contribution in [1.29, 1.82) is 0 Å². The molecule has 1 aromatic carbocycles. The van der Waals surface area contributed by atoms with Gasteiger partial charge in [-0.15, -0.1) is 0 Å². The van der Waals surface area contributed by atoms with E-state index >= 15 is 0 Å². The Balaban J connectivity index is 1.50. The Morgan fingerprint density at radius 2 is 2.28 bits per heavy atom. The fourth-order valence-corrected chi connectivity index (χ4v) is 3.07. The van der Waals surface area contributed by atoms with Crippen LogP contribution >= 0.6 is 0 Å². The van der Waals surface area contributed by atoms with Crippen LogP contribution in [0.4, 0.5) is 0 Å². The number of imidazole rings is 1. The van der Waals surface area contributed by atoms with Crippen molar-refractivity contribution in [1.82, 2.24) is 29.9 Å². The zero-order valence-corrected chi connectivity index (χ0v) is 14.3. The molecule has 8 nitrogen and oxygen atoms in total. The number of aromatic amines is 1. The molecule has 1 fully saturated rings. The summed E-state index contributed by atoms with van der Waals surface area (Å²) in [5.41, 5.74) is 2.68. The van der Waals surface area contributed by atoms with Crippen molar-refractivity contribution in [3.05, 3.63) is 30.4 Å². The van der Waals surface area contributed by atoms with Gasteiger partial charge in [-0.25, -0.2) is 4.98 Å². The standard InChI is InChI=1S/C17H20N6O2/c1-22(2)5-6-23-9-12(8-15(23)24)17-20-16(21-25-17)11-3-4-13-14(7-11)19-10-18-13/h3-4,7,10,12H,5-6,8-9H2,1-2H3,(H,18,19)/t12-/m1/s1. The van der Waals surface area contributed by atoms with Crippen LogP contribution in [0.2, 0.25) is 0 Å². The summed E-state index contributed by atoms with van der Waals surface area (Å²) in [7, 11) is 4.00. The van der Waals surface area contributed by atoms with Crippen molar-refractivity contribution in [2.75, 3.05) is 33.7 Å². The molecule has 0 bridgehead atoms. The molecular formula is C17H20N6O2. The minimum absolute atomic E-state index is 0.0354. The summed E-state index contributed by atoms with van der Waals surface area (Å²) in [5, 5.41) is 4.09. The minimum Gasteiger partial charge on any atom is -0.345 e. The van der Waals surface area contributed by atoms with E-state index in [4.69, 9.17) is 4.52 Å². The average Bonchev–Trinajstić information content (AvgIpc) is 3.31. The second-order valence-electron chi connectivity index (χ2n) is 6.63. The van der Waals surface area contributed by atoms with Crippen molar-refractivity contribution in [2.45, 2.75) is 12.3 Å². The second-order valence-corrected chi connectivity index (χ2v) is 6.63. The van der Waals surface area contributed by atoms with E-state index in [1.807, 2.05) is 37.2 Å². The van der Waals surface area contributed by atoms with Crippen LogP contribution < -0.4 is 0 Å². The highest BCUT2D eigenvalue weighted by Crippen LogP contribution is 2.29. The first kappa shape index (κ1) is 15.8. The maximum absolute atomic E-state index is 12.2. The van der Waals surface area contributed by atoms with Crippen LogP contribution in [0, 0.1) is 0 Å². The number of nitrogens with zero attached hydrogens (tertiary/aromatic N) is 5. The van der Waals surface area contributed by atoms with Crippen LogP contribution in [0.5, 0.6) is 0 Å². The monoisotopic (exact) mass is 340 g/mol. The minimum atomic E-state index is -0.0354. The predicted octanol–water partition coefficient (Wildman–Crippen LogP) is 1.49. The molecule has 1 atom stereocenters. The molecule has 0 saturated carbocycles. The summed E-state index contributed by atoms with van der Waals surface area (Å²) < 4.78 is 5.44. The topological polar surface area (TPSA) is 91.2 Å². The third-order valence-electron chi connectivity index (χ3n) is 4.50. The third-order valence-corrected chi connectivity index (χ3v) is 4.50. The summed E-state index contributed by atoms with van der Waals surface area (Å²) in [6.07, 6.45) is 2.08. The molecule has 0 radical (unpaired) electrons. The van der Waals surface area contributed by atoms with Gasteiger partial charge in [0.2, 0.25) is 17.6 Å². The van der Waals surface area contributed by atoms with Crippen LogP contribution in [0.3, 0.4) is 0 Å². The number of aromatic nitrogens is 4. The van der Waals surface area contributed by atoms with E-state index in [9.17, 15) is 4.79 Å². The lowest BCUT2D eigenvalue weighted by Crippen LogP contribution is -2.32. The summed E-state index contributed by atoms with van der Waals surface area (Å²) >= 11 is 0. The number of hydrogen-bond acceptors (Lipinski definition) is 6. The van der Waals surface area contributed by atoms with Crippen LogP contribution in [-0.4, -0.2) is 69.5 Å². The quantitative estimate of drug-likeness (QED) is 0.757. The van der Waals surface area contributed by atoms with Crippen molar-refractivity contribution < 1.29 is 9.32 Å². The maximum Gasteiger partial charge on any atom is 0.232 e. The normalized spacial score (nSPS) is 18.0. The molecule has 1 aliphatic rings. The van der Waals surface area contributed by atoms with Crippen LogP contribution in [0.25, 0.3) is 22.4 Å². The fraction of sp³-hybridized carbons (Fsp3) is 0.412. The number of likely N-dealkylation sites (N-methyl/N-ethyl adjacent to an activating group) is 1. The number of likely N-dealkylation sites (tertiary alicyclic amines) is 1. The molecular weight excluding hydrogens is 320 g/mol. The number of carbonyl (C=O) groups is 1. The molecule has 1 saturated heterocycles. The van der Waals surface area contributed by atoms with Gasteiger partial charge in [0.15, 0.2) is 0 Å². The first-order chi connectivity index (χ1) is 12.1. The van der Waals surface area contributed by atoms with Gasteiger partial charge in [0.1, 0.15) is 0 Å². The van der Waals surface area contributed by atoms with E-state index in [0.29, 0.717) is 24.7 Å². The van der Waals surface area contributed by atoms with Crippen LogP contribution in [0.1, 0.15) is 18.2 Å². The maximum atomic E-state index is 12.2. The molecule has 3 aromatic rings. The van der Waals surface area contributed by atoms with Gasteiger partial charge in [0.05, 0.1) is 23.3 Å². The summed E-state index contributed by atoms with van der Waals surface area (Å²) in [6.45, 7) is 2.20. The lowest BCUT2D eigenvalue weighted by atomic mass is 10.1. The number of carbonyl (C=O) groups excluding carboxylic acids is 1. The number of H-pyrrole nitrogens is 1. The Morgan fingerprint density at radius 3 is 3.12 bits per heavy atom. The van der Waals surface area contributed by atoms with Gasteiger partial charge in [0.25, 0.3) is 0 Å². The smallest absolute Gasteiger partial charge is 0.232 e. The lowest BCUT2D eigenvalue weighted by molar-refractivity contribution is -0.127. The summed E-state index contributed by atoms with van der Waals surface area (Å²) in [6, 6.07) is 5.78. The third kappa shape index (κ3) is 3.12. The Hall–Kier alpha value is -2.74. The zero-order valence-electron chi connectivity index (χ0n) is 14.3. The summed E-state index contributed by atoms with van der Waals surface area (Å²) in [5.74, 6) is 1.17. The van der Waals surface area contributed by atoms with Gasteiger partial charge < -0.3 is 19.3 Å². The Bertz CT molecular complexity index is 899. The number of amides is 1. The summed E-state index contributed by atoms with van der Waals surface area (Å²) in [4.78, 5) is 27.9. The lowest BCUT2D eigenvalue weighted by Gasteiger charge is -2.18.